The number of hydrogen-bond acceptors (Lipinski definition) is 3. The summed E-state index contributed by atoms with van der Waals surface area (Å²) in [6.45, 7) is 3.58. The van der Waals surface area contributed by atoms with Crippen LogP contribution in [0.1, 0.15) is 51.9 Å². The Labute approximate surface area is 126 Å². The van der Waals surface area contributed by atoms with Crippen molar-refractivity contribution in [2.45, 2.75) is 57.9 Å². The number of amides is 1. The standard InChI is InChI=1S/C16H26N2O3/c1-2-18(13-8-5-6-9-13)15(19)12-17-11-7-3-4-10-14(17)16(20)21/h8,14H,2-7,9-12H2,1H3,(H,20,21). The number of allylic oxidation sites excluding steroid dienone is 2. The number of rotatable bonds is 5. The van der Waals surface area contributed by atoms with Crippen molar-refractivity contribution in [1.29, 1.82) is 0 Å². The van der Waals surface area contributed by atoms with Crippen LogP contribution in [0.25, 0.3) is 0 Å². The normalized spacial score (nSPS) is 23.5. The van der Waals surface area contributed by atoms with Gasteiger partial charge in [-0.05, 0) is 45.6 Å². The molecule has 5 heteroatoms. The van der Waals surface area contributed by atoms with Gasteiger partial charge in [0.1, 0.15) is 6.04 Å². The van der Waals surface area contributed by atoms with Gasteiger partial charge in [-0.2, -0.15) is 0 Å². The summed E-state index contributed by atoms with van der Waals surface area (Å²) in [5, 5.41) is 9.38. The monoisotopic (exact) mass is 294 g/mol. The van der Waals surface area contributed by atoms with E-state index >= 15 is 0 Å². The van der Waals surface area contributed by atoms with Crippen LogP contribution in [0.5, 0.6) is 0 Å². The SMILES string of the molecule is CCN(C(=O)CN1CCCCCC1C(=O)O)C1=CCCC1. The fourth-order valence-corrected chi connectivity index (χ4v) is 3.33. The largest absolute Gasteiger partial charge is 0.480 e. The van der Waals surface area contributed by atoms with E-state index in [2.05, 4.69) is 6.08 Å². The fraction of sp³-hybridized carbons (Fsp3) is 0.750. The molecule has 0 aromatic rings. The van der Waals surface area contributed by atoms with Gasteiger partial charge >= 0.3 is 5.97 Å². The molecule has 1 fully saturated rings. The van der Waals surface area contributed by atoms with E-state index in [9.17, 15) is 14.7 Å². The van der Waals surface area contributed by atoms with Crippen molar-refractivity contribution in [3.63, 3.8) is 0 Å². The zero-order valence-electron chi connectivity index (χ0n) is 12.9. The molecule has 1 aliphatic heterocycles. The Morgan fingerprint density at radius 3 is 2.76 bits per heavy atom. The number of nitrogens with zero attached hydrogens (tertiary/aromatic N) is 2. The Morgan fingerprint density at radius 2 is 2.14 bits per heavy atom. The molecule has 0 aromatic carbocycles. The second-order valence-electron chi connectivity index (χ2n) is 5.90. The molecule has 2 aliphatic rings. The van der Waals surface area contributed by atoms with Gasteiger partial charge in [-0.3, -0.25) is 14.5 Å². The van der Waals surface area contributed by atoms with E-state index < -0.39 is 12.0 Å². The molecule has 0 bridgehead atoms. The Hall–Kier alpha value is -1.36. The lowest BCUT2D eigenvalue weighted by atomic mass is 10.1. The van der Waals surface area contributed by atoms with Gasteiger partial charge < -0.3 is 10.0 Å². The second kappa shape index (κ2) is 7.59. The number of likely N-dealkylation sites (tertiary alicyclic amines) is 1. The summed E-state index contributed by atoms with van der Waals surface area (Å²) in [7, 11) is 0. The highest BCUT2D eigenvalue weighted by Gasteiger charge is 2.30. The molecule has 1 atom stereocenters. The first-order valence-electron chi connectivity index (χ1n) is 8.09. The lowest BCUT2D eigenvalue weighted by Gasteiger charge is -2.30. The molecule has 0 radical (unpaired) electrons. The van der Waals surface area contributed by atoms with Gasteiger partial charge in [-0.25, -0.2) is 0 Å². The van der Waals surface area contributed by atoms with E-state index in [1.165, 1.54) is 0 Å². The molecule has 0 aromatic heterocycles. The van der Waals surface area contributed by atoms with Crippen LogP contribution in [0.15, 0.2) is 11.8 Å². The molecule has 1 unspecified atom stereocenters. The number of carboxylic acid groups (broad SMARTS) is 1. The minimum Gasteiger partial charge on any atom is -0.480 e. The molecule has 1 aliphatic carbocycles. The molecule has 21 heavy (non-hydrogen) atoms. The molecular formula is C16H26N2O3. The van der Waals surface area contributed by atoms with Crippen molar-refractivity contribution in [1.82, 2.24) is 9.80 Å². The Balaban J connectivity index is 2.02. The average molecular weight is 294 g/mol. The smallest absolute Gasteiger partial charge is 0.320 e. The number of aliphatic carboxylic acids is 1. The summed E-state index contributed by atoms with van der Waals surface area (Å²) in [4.78, 5) is 27.7. The lowest BCUT2D eigenvalue weighted by molar-refractivity contribution is -0.144. The van der Waals surface area contributed by atoms with Crippen molar-refractivity contribution in [3.05, 3.63) is 11.8 Å². The summed E-state index contributed by atoms with van der Waals surface area (Å²) in [6, 6.07) is -0.507. The Morgan fingerprint density at radius 1 is 1.33 bits per heavy atom. The maximum Gasteiger partial charge on any atom is 0.320 e. The third-order valence-electron chi connectivity index (χ3n) is 4.47. The predicted molar refractivity (Wildman–Crippen MR) is 80.8 cm³/mol. The highest BCUT2D eigenvalue weighted by molar-refractivity contribution is 5.81. The third kappa shape index (κ3) is 4.06. The molecule has 0 spiro atoms. The maximum absolute atomic E-state index is 12.6. The van der Waals surface area contributed by atoms with Crippen LogP contribution in [0.3, 0.4) is 0 Å². The van der Waals surface area contributed by atoms with Crippen molar-refractivity contribution in [3.8, 4) is 0 Å². The van der Waals surface area contributed by atoms with Crippen LogP contribution < -0.4 is 0 Å². The number of carbonyl (C=O) groups is 2. The van der Waals surface area contributed by atoms with Crippen molar-refractivity contribution in [2.75, 3.05) is 19.6 Å². The molecular weight excluding hydrogens is 268 g/mol. The summed E-state index contributed by atoms with van der Waals surface area (Å²) in [6.07, 6.45) is 8.87. The van der Waals surface area contributed by atoms with Crippen LogP contribution in [-0.4, -0.2) is 52.5 Å². The van der Waals surface area contributed by atoms with E-state index in [4.69, 9.17) is 0 Å². The summed E-state index contributed by atoms with van der Waals surface area (Å²) < 4.78 is 0. The topological polar surface area (TPSA) is 60.9 Å². The molecule has 1 saturated heterocycles. The minimum absolute atomic E-state index is 0.0406. The van der Waals surface area contributed by atoms with Gasteiger partial charge in [0.15, 0.2) is 0 Å². The minimum atomic E-state index is -0.798. The second-order valence-corrected chi connectivity index (χ2v) is 5.90. The van der Waals surface area contributed by atoms with Crippen LogP contribution >= 0.6 is 0 Å². The Kier molecular flexibility index (Phi) is 5.79. The van der Waals surface area contributed by atoms with E-state index in [0.29, 0.717) is 19.5 Å². The van der Waals surface area contributed by atoms with Crippen molar-refractivity contribution >= 4 is 11.9 Å². The van der Waals surface area contributed by atoms with E-state index in [1.807, 2.05) is 16.7 Å². The highest BCUT2D eigenvalue weighted by Crippen LogP contribution is 2.22. The molecule has 0 saturated carbocycles. The zero-order chi connectivity index (χ0) is 15.2. The molecule has 1 N–H and O–H groups in total. The molecule has 5 nitrogen and oxygen atoms in total. The van der Waals surface area contributed by atoms with Crippen LogP contribution in [0.4, 0.5) is 0 Å². The predicted octanol–water partition coefficient (Wildman–Crippen LogP) is 2.23. The summed E-state index contributed by atoms with van der Waals surface area (Å²) in [5.41, 5.74) is 1.11. The number of likely N-dealkylation sites (N-methyl/N-ethyl adjacent to an activating group) is 1. The first-order valence-corrected chi connectivity index (χ1v) is 8.09. The average Bonchev–Trinajstić information content (AvgIpc) is 2.86. The van der Waals surface area contributed by atoms with Gasteiger partial charge in [0, 0.05) is 12.2 Å². The van der Waals surface area contributed by atoms with Crippen molar-refractivity contribution < 1.29 is 14.7 Å². The fourth-order valence-electron chi connectivity index (χ4n) is 3.33. The van der Waals surface area contributed by atoms with Gasteiger partial charge in [-0.1, -0.05) is 18.9 Å². The van der Waals surface area contributed by atoms with Crippen LogP contribution in [0.2, 0.25) is 0 Å². The van der Waals surface area contributed by atoms with Crippen LogP contribution in [0, 0.1) is 0 Å². The van der Waals surface area contributed by atoms with Gasteiger partial charge in [0.2, 0.25) is 5.91 Å². The first-order chi connectivity index (χ1) is 10.1. The molecule has 1 amide bonds. The van der Waals surface area contributed by atoms with Gasteiger partial charge in [0.25, 0.3) is 0 Å². The van der Waals surface area contributed by atoms with E-state index in [0.717, 1.165) is 44.2 Å². The molecule has 1 heterocycles. The first kappa shape index (κ1) is 16.0. The number of carbonyl (C=O) groups excluding carboxylic acids is 1. The van der Waals surface area contributed by atoms with Crippen molar-refractivity contribution in [2.24, 2.45) is 0 Å². The summed E-state index contributed by atoms with van der Waals surface area (Å²) >= 11 is 0. The highest BCUT2D eigenvalue weighted by atomic mass is 16.4. The quantitative estimate of drug-likeness (QED) is 0.844. The van der Waals surface area contributed by atoms with Crippen LogP contribution in [-0.2, 0) is 9.59 Å². The van der Waals surface area contributed by atoms with E-state index in [1.54, 1.807) is 0 Å². The third-order valence-corrected chi connectivity index (χ3v) is 4.47. The Bertz CT molecular complexity index is 420. The molecule has 118 valence electrons. The summed E-state index contributed by atoms with van der Waals surface area (Å²) in [5.74, 6) is -0.758. The van der Waals surface area contributed by atoms with Gasteiger partial charge in [-0.15, -0.1) is 0 Å². The number of hydrogen-bond donors (Lipinski definition) is 1. The number of carboxylic acids is 1. The molecule has 2 rings (SSSR count). The van der Waals surface area contributed by atoms with Gasteiger partial charge in [0.05, 0.1) is 6.54 Å². The van der Waals surface area contributed by atoms with E-state index in [-0.39, 0.29) is 12.5 Å². The zero-order valence-corrected chi connectivity index (χ0v) is 12.9. The lowest BCUT2D eigenvalue weighted by Crippen LogP contribution is -2.47. The maximum atomic E-state index is 12.6.